The fourth-order valence-electron chi connectivity index (χ4n) is 1.40. The number of aryl methyl sites for hydroxylation is 1. The molecule has 0 aliphatic rings. The highest BCUT2D eigenvalue weighted by Crippen LogP contribution is 2.41. The summed E-state index contributed by atoms with van der Waals surface area (Å²) in [6.07, 6.45) is 2.00. The van der Waals surface area contributed by atoms with Crippen LogP contribution in [0.4, 0.5) is 0 Å². The maximum atomic E-state index is 11.6. The van der Waals surface area contributed by atoms with E-state index in [1.807, 2.05) is 30.3 Å². The topological polar surface area (TPSA) is 63.3 Å². The van der Waals surface area contributed by atoms with E-state index in [0.717, 1.165) is 5.56 Å². The predicted molar refractivity (Wildman–Crippen MR) is 64.5 cm³/mol. The van der Waals surface area contributed by atoms with Crippen molar-refractivity contribution in [1.82, 2.24) is 0 Å². The smallest absolute Gasteiger partial charge is 1.00 e. The molecule has 1 aromatic carbocycles. The van der Waals surface area contributed by atoms with Crippen LogP contribution in [0.1, 0.15) is 13.4 Å². The van der Waals surface area contributed by atoms with Gasteiger partial charge in [0.2, 0.25) is 7.37 Å². The van der Waals surface area contributed by atoms with Crippen molar-refractivity contribution in [1.29, 1.82) is 0 Å². The molecule has 0 bridgehead atoms. The molecule has 0 spiro atoms. The van der Waals surface area contributed by atoms with E-state index in [9.17, 15) is 9.46 Å². The minimum Gasteiger partial charge on any atom is -1.00 e. The van der Waals surface area contributed by atoms with E-state index < -0.39 is 7.37 Å². The van der Waals surface area contributed by atoms with Crippen LogP contribution >= 0.6 is 7.37 Å². The average molecular weight is 264 g/mol. The Kier molecular flexibility index (Phi) is 7.69. The van der Waals surface area contributed by atoms with Gasteiger partial charge in [-0.25, -0.2) is 0 Å². The highest BCUT2D eigenvalue weighted by Gasteiger charge is 2.16. The Bertz CT molecular complexity index is 338. The average Bonchev–Trinajstić information content (AvgIpc) is 2.25. The maximum absolute atomic E-state index is 11.6. The molecule has 16 heavy (non-hydrogen) atoms. The van der Waals surface area contributed by atoms with Gasteiger partial charge in [0.05, 0.1) is 0 Å². The summed E-state index contributed by atoms with van der Waals surface area (Å²) < 4.78 is 11.6. The fraction of sp³-hybridized carbons (Fsp3) is 0.455. The zero-order valence-corrected chi connectivity index (χ0v) is 10.8. The number of nitrogens with two attached hydrogens (primary N) is 1. The third-order valence-corrected chi connectivity index (χ3v) is 4.24. The Morgan fingerprint density at radius 2 is 1.88 bits per heavy atom. The highest BCUT2D eigenvalue weighted by atomic mass is 35.5. The molecule has 3 nitrogen and oxygen atoms in total. The van der Waals surface area contributed by atoms with Crippen molar-refractivity contribution in [3.05, 3.63) is 35.9 Å². The SMILES string of the molecule is NCCCP(=O)(O)CCc1ccccc1.[Cl-].[H+]. The predicted octanol–water partition coefficient (Wildman–Crippen LogP) is -1.04. The molecule has 1 unspecified atom stereocenters. The molecule has 92 valence electrons. The molecule has 1 rings (SSSR count). The molecular weight excluding hydrogens is 245 g/mol. The van der Waals surface area contributed by atoms with E-state index in [1.165, 1.54) is 0 Å². The van der Waals surface area contributed by atoms with Gasteiger partial charge in [-0.05, 0) is 24.9 Å². The largest absolute Gasteiger partial charge is 1.00 e. The summed E-state index contributed by atoms with van der Waals surface area (Å²) in [4.78, 5) is 9.61. The number of hydrogen-bond acceptors (Lipinski definition) is 2. The summed E-state index contributed by atoms with van der Waals surface area (Å²) in [6.45, 7) is 0.482. The van der Waals surface area contributed by atoms with Gasteiger partial charge in [-0.2, -0.15) is 0 Å². The second-order valence-corrected chi connectivity index (χ2v) is 6.26. The van der Waals surface area contributed by atoms with Gasteiger partial charge in [0.1, 0.15) is 0 Å². The molecule has 1 aromatic rings. The molecule has 0 saturated carbocycles. The molecule has 0 saturated heterocycles. The molecule has 3 N–H and O–H groups in total. The Hall–Kier alpha value is -0.340. The minimum absolute atomic E-state index is 0. The summed E-state index contributed by atoms with van der Waals surface area (Å²) in [5, 5.41) is 0. The first-order valence-electron chi connectivity index (χ1n) is 5.19. The van der Waals surface area contributed by atoms with Gasteiger partial charge in [-0.15, -0.1) is 0 Å². The van der Waals surface area contributed by atoms with E-state index in [0.29, 0.717) is 31.7 Å². The number of halogens is 1. The molecule has 0 radical (unpaired) electrons. The lowest BCUT2D eigenvalue weighted by molar-refractivity contribution is -0.00000613. The summed E-state index contributed by atoms with van der Waals surface area (Å²) in [6, 6.07) is 9.78. The van der Waals surface area contributed by atoms with E-state index in [1.54, 1.807) is 0 Å². The van der Waals surface area contributed by atoms with Crippen LogP contribution in [-0.4, -0.2) is 23.8 Å². The van der Waals surface area contributed by atoms with Gasteiger partial charge < -0.3 is 23.0 Å². The van der Waals surface area contributed by atoms with Crippen molar-refractivity contribution in [3.63, 3.8) is 0 Å². The quantitative estimate of drug-likeness (QED) is 0.645. The highest BCUT2D eigenvalue weighted by molar-refractivity contribution is 7.57. The van der Waals surface area contributed by atoms with Gasteiger partial charge >= 0.3 is 1.43 Å². The van der Waals surface area contributed by atoms with E-state index in [4.69, 9.17) is 5.73 Å². The maximum Gasteiger partial charge on any atom is 1.00 e. The van der Waals surface area contributed by atoms with Gasteiger partial charge in [-0.3, -0.25) is 4.57 Å². The molecule has 0 aliphatic carbocycles. The summed E-state index contributed by atoms with van der Waals surface area (Å²) >= 11 is 0. The van der Waals surface area contributed by atoms with Crippen molar-refractivity contribution in [2.45, 2.75) is 12.8 Å². The van der Waals surface area contributed by atoms with Crippen LogP contribution in [0.3, 0.4) is 0 Å². The molecule has 0 heterocycles. The Balaban J connectivity index is 0. The van der Waals surface area contributed by atoms with Crippen molar-refractivity contribution >= 4 is 7.37 Å². The van der Waals surface area contributed by atoms with Crippen LogP contribution in [0, 0.1) is 0 Å². The van der Waals surface area contributed by atoms with Crippen LogP contribution in [-0.2, 0) is 11.0 Å². The van der Waals surface area contributed by atoms with Crippen molar-refractivity contribution in [2.75, 3.05) is 18.9 Å². The normalized spacial score (nSPS) is 13.9. The van der Waals surface area contributed by atoms with Gasteiger partial charge in [0, 0.05) is 12.3 Å². The molecule has 0 fully saturated rings. The molecule has 0 amide bonds. The monoisotopic (exact) mass is 263 g/mol. The zero-order valence-electron chi connectivity index (χ0n) is 10.2. The minimum atomic E-state index is -2.95. The summed E-state index contributed by atoms with van der Waals surface area (Å²) in [5.41, 5.74) is 6.42. The molecule has 5 heteroatoms. The lowest BCUT2D eigenvalue weighted by Crippen LogP contribution is -3.00. The molecule has 0 aliphatic heterocycles. The second-order valence-electron chi connectivity index (χ2n) is 3.67. The lowest BCUT2D eigenvalue weighted by Gasteiger charge is -2.10. The zero-order chi connectivity index (χ0) is 11.1. The van der Waals surface area contributed by atoms with Crippen LogP contribution in [0.2, 0.25) is 0 Å². The van der Waals surface area contributed by atoms with E-state index in [-0.39, 0.29) is 13.8 Å². The van der Waals surface area contributed by atoms with Crippen molar-refractivity contribution < 1.29 is 23.3 Å². The standard InChI is InChI=1S/C11H18NO2P.ClH/c12-8-4-9-15(13,14)10-7-11-5-2-1-3-6-11;/h1-3,5-6H,4,7-10,12H2,(H,13,14);1H. The van der Waals surface area contributed by atoms with E-state index >= 15 is 0 Å². The summed E-state index contributed by atoms with van der Waals surface area (Å²) in [5.74, 6) is 0. The number of benzene rings is 1. The number of hydrogen-bond donors (Lipinski definition) is 2. The Morgan fingerprint density at radius 3 is 2.44 bits per heavy atom. The molecule has 1 atom stereocenters. The lowest BCUT2D eigenvalue weighted by atomic mass is 10.2. The van der Waals surface area contributed by atoms with Gasteiger partial charge in [0.15, 0.2) is 0 Å². The first-order chi connectivity index (χ1) is 7.14. The van der Waals surface area contributed by atoms with Gasteiger partial charge in [-0.1, -0.05) is 30.3 Å². The van der Waals surface area contributed by atoms with E-state index in [2.05, 4.69) is 0 Å². The first kappa shape index (κ1) is 15.7. The van der Waals surface area contributed by atoms with Crippen LogP contribution < -0.4 is 18.1 Å². The summed E-state index contributed by atoms with van der Waals surface area (Å²) in [7, 11) is -2.95. The Morgan fingerprint density at radius 1 is 1.25 bits per heavy atom. The fourth-order valence-corrected chi connectivity index (χ4v) is 2.91. The third kappa shape index (κ3) is 6.29. The molecular formula is C11H19ClNO2P. The van der Waals surface area contributed by atoms with Crippen LogP contribution in [0.5, 0.6) is 0 Å². The van der Waals surface area contributed by atoms with Crippen LogP contribution in [0.15, 0.2) is 30.3 Å². The first-order valence-corrected chi connectivity index (χ1v) is 7.22. The third-order valence-electron chi connectivity index (χ3n) is 2.30. The number of rotatable bonds is 6. The van der Waals surface area contributed by atoms with Crippen LogP contribution in [0.25, 0.3) is 0 Å². The molecule has 0 aromatic heterocycles. The van der Waals surface area contributed by atoms with Gasteiger partial charge in [0.25, 0.3) is 0 Å². The second kappa shape index (κ2) is 7.86. The Labute approximate surface area is 104 Å². The van der Waals surface area contributed by atoms with Crippen molar-refractivity contribution in [3.8, 4) is 0 Å². The van der Waals surface area contributed by atoms with Crippen molar-refractivity contribution in [2.24, 2.45) is 5.73 Å².